The first-order valence-corrected chi connectivity index (χ1v) is 2.84. The van der Waals surface area contributed by atoms with Crippen molar-refractivity contribution >= 4 is 34.7 Å². The number of hydrogen-bond donors (Lipinski definition) is 1. The van der Waals surface area contributed by atoms with Crippen LogP contribution in [0.4, 0.5) is 4.79 Å². The van der Waals surface area contributed by atoms with Crippen LogP contribution in [0.3, 0.4) is 0 Å². The van der Waals surface area contributed by atoms with Gasteiger partial charge in [0, 0.05) is 0 Å². The Morgan fingerprint density at radius 2 is 2.12 bits per heavy atom. The molecule has 0 unspecified atom stereocenters. The van der Waals surface area contributed by atoms with Crippen molar-refractivity contribution in [2.45, 2.75) is 6.92 Å². The number of rotatable bonds is 0. The average Bonchev–Trinajstić information content (AvgIpc) is 1.65. The van der Waals surface area contributed by atoms with Gasteiger partial charge in [-0.25, -0.2) is 0 Å². The summed E-state index contributed by atoms with van der Waals surface area (Å²) in [6.45, 7) is 1.24. The van der Waals surface area contributed by atoms with E-state index < -0.39 is 12.0 Å². The summed E-state index contributed by atoms with van der Waals surface area (Å²) in [6.07, 6.45) is -0.702. The molecule has 2 amide bonds. The molecule has 0 heterocycles. The molecule has 0 atom stereocenters. The van der Waals surface area contributed by atoms with Gasteiger partial charge in [-0.15, -0.1) is 0 Å². The molecule has 0 aromatic heterocycles. The van der Waals surface area contributed by atoms with E-state index in [1.807, 2.05) is 5.32 Å². The Balaban J connectivity index is 3.40. The summed E-state index contributed by atoms with van der Waals surface area (Å²) in [5, 5.41) is 1.90. The van der Waals surface area contributed by atoms with Crippen LogP contribution in [-0.2, 0) is 7.90 Å². The molecular formula is C3H5NO3Te. The summed E-state index contributed by atoms with van der Waals surface area (Å²) < 4.78 is 4.14. The zero-order valence-corrected chi connectivity index (χ0v) is 6.72. The molecular weight excluding hydrogens is 226 g/mol. The van der Waals surface area contributed by atoms with Gasteiger partial charge in [-0.2, -0.15) is 0 Å². The zero-order valence-electron chi connectivity index (χ0n) is 4.17. The normalized spacial score (nSPS) is 7.75. The number of nitrogens with one attached hydrogen (secondary N) is 1. The standard InChI is InChI=1S/C3H5NO3Te/c1-2(5)4-3(6)7-8/h8H,1H3,(H,4,5,6). The molecule has 0 aliphatic carbocycles. The van der Waals surface area contributed by atoms with Gasteiger partial charge >= 0.3 is 59.6 Å². The van der Waals surface area contributed by atoms with Crippen LogP contribution in [0.5, 0.6) is 0 Å². The summed E-state index contributed by atoms with van der Waals surface area (Å²) in [7, 11) is 0. The van der Waals surface area contributed by atoms with Gasteiger partial charge in [0.2, 0.25) is 0 Å². The minimum atomic E-state index is -0.702. The maximum atomic E-state index is 10.1. The summed E-state index contributed by atoms with van der Waals surface area (Å²) >= 11 is 0.876. The molecule has 0 aliphatic rings. The van der Waals surface area contributed by atoms with Gasteiger partial charge in [-0.3, -0.25) is 0 Å². The number of carbonyl (C=O) groups excluding carboxylic acids is 2. The minimum absolute atomic E-state index is 0.412. The van der Waals surface area contributed by atoms with Crippen molar-refractivity contribution in [2.24, 2.45) is 0 Å². The van der Waals surface area contributed by atoms with Gasteiger partial charge in [0.15, 0.2) is 0 Å². The van der Waals surface area contributed by atoms with Gasteiger partial charge in [-0.05, 0) is 0 Å². The number of hydrogen-bond acceptors (Lipinski definition) is 3. The fourth-order valence-corrected chi connectivity index (χ4v) is 0.297. The summed E-state index contributed by atoms with van der Waals surface area (Å²) in [5.74, 6) is -0.412. The van der Waals surface area contributed by atoms with Crippen molar-refractivity contribution < 1.29 is 12.7 Å². The Labute approximate surface area is 60.0 Å². The molecule has 46 valence electrons. The first-order valence-electron chi connectivity index (χ1n) is 1.79. The van der Waals surface area contributed by atoms with Crippen LogP contribution in [0.25, 0.3) is 0 Å². The van der Waals surface area contributed by atoms with Crippen molar-refractivity contribution in [3.63, 3.8) is 0 Å². The third kappa shape index (κ3) is 3.90. The van der Waals surface area contributed by atoms with Crippen LogP contribution in [0, 0.1) is 0 Å². The van der Waals surface area contributed by atoms with Crippen molar-refractivity contribution in [1.29, 1.82) is 0 Å². The van der Waals surface area contributed by atoms with Crippen molar-refractivity contribution in [3.8, 4) is 0 Å². The Morgan fingerprint density at radius 1 is 1.62 bits per heavy atom. The van der Waals surface area contributed by atoms with Gasteiger partial charge in [0.1, 0.15) is 0 Å². The average molecular weight is 231 g/mol. The van der Waals surface area contributed by atoms with Crippen molar-refractivity contribution in [1.82, 2.24) is 5.32 Å². The molecule has 5 heteroatoms. The maximum absolute atomic E-state index is 10.1. The molecule has 0 aromatic carbocycles. The summed E-state index contributed by atoms with van der Waals surface area (Å²) in [6, 6.07) is 0. The Hall–Kier alpha value is -0.270. The second-order valence-electron chi connectivity index (χ2n) is 1.06. The molecule has 4 nitrogen and oxygen atoms in total. The number of imide groups is 1. The number of carbonyl (C=O) groups is 2. The van der Waals surface area contributed by atoms with E-state index in [4.69, 9.17) is 0 Å². The first-order chi connectivity index (χ1) is 3.66. The Bertz CT molecular complexity index is 113. The third-order valence-electron chi connectivity index (χ3n) is 0.361. The molecule has 0 saturated heterocycles. The predicted octanol–water partition coefficient (Wildman–Crippen LogP) is -0.925. The van der Waals surface area contributed by atoms with Crippen LogP contribution < -0.4 is 5.32 Å². The third-order valence-corrected chi connectivity index (χ3v) is 0.834. The van der Waals surface area contributed by atoms with E-state index in [-0.39, 0.29) is 0 Å². The Morgan fingerprint density at radius 3 is 2.25 bits per heavy atom. The molecule has 0 spiro atoms. The molecule has 1 N–H and O–H groups in total. The monoisotopic (exact) mass is 233 g/mol. The molecule has 0 aromatic rings. The molecule has 0 saturated carbocycles. The van der Waals surface area contributed by atoms with E-state index in [9.17, 15) is 9.59 Å². The van der Waals surface area contributed by atoms with Gasteiger partial charge in [-0.1, -0.05) is 0 Å². The Kier molecular flexibility index (Phi) is 3.57. The SMILES string of the molecule is CC(=O)NC(=O)O[TeH]. The van der Waals surface area contributed by atoms with Crippen LogP contribution in [0.2, 0.25) is 0 Å². The predicted molar refractivity (Wildman–Crippen MR) is 27.4 cm³/mol. The molecule has 0 aliphatic heterocycles. The molecule has 8 heavy (non-hydrogen) atoms. The van der Waals surface area contributed by atoms with Crippen LogP contribution in [0.15, 0.2) is 0 Å². The number of amides is 2. The van der Waals surface area contributed by atoms with Gasteiger partial charge in [0.25, 0.3) is 0 Å². The van der Waals surface area contributed by atoms with Crippen LogP contribution in [0.1, 0.15) is 6.92 Å². The van der Waals surface area contributed by atoms with Crippen molar-refractivity contribution in [3.05, 3.63) is 0 Å². The quantitative estimate of drug-likeness (QED) is 0.548. The fraction of sp³-hybridized carbons (Fsp3) is 0.333. The van der Waals surface area contributed by atoms with E-state index in [0.29, 0.717) is 0 Å². The molecule has 0 radical (unpaired) electrons. The molecule has 0 fully saturated rings. The topological polar surface area (TPSA) is 55.4 Å². The van der Waals surface area contributed by atoms with Gasteiger partial charge in [0.05, 0.1) is 0 Å². The van der Waals surface area contributed by atoms with Gasteiger partial charge < -0.3 is 0 Å². The van der Waals surface area contributed by atoms with Crippen LogP contribution >= 0.6 is 0 Å². The van der Waals surface area contributed by atoms with E-state index in [1.54, 1.807) is 0 Å². The molecule has 0 rings (SSSR count). The van der Waals surface area contributed by atoms with Crippen LogP contribution in [-0.4, -0.2) is 34.7 Å². The fourth-order valence-electron chi connectivity index (χ4n) is 0.167. The summed E-state index contributed by atoms with van der Waals surface area (Å²) in [4.78, 5) is 20.1. The van der Waals surface area contributed by atoms with E-state index in [2.05, 4.69) is 3.10 Å². The van der Waals surface area contributed by atoms with E-state index in [0.717, 1.165) is 22.7 Å². The van der Waals surface area contributed by atoms with E-state index in [1.165, 1.54) is 6.92 Å². The second-order valence-corrected chi connectivity index (χ2v) is 1.58. The zero-order chi connectivity index (χ0) is 6.57. The second kappa shape index (κ2) is 3.70. The summed E-state index contributed by atoms with van der Waals surface area (Å²) in [5.41, 5.74) is 0. The first kappa shape index (κ1) is 7.73. The van der Waals surface area contributed by atoms with E-state index >= 15 is 0 Å². The molecule has 0 bridgehead atoms. The van der Waals surface area contributed by atoms with Crippen molar-refractivity contribution in [2.75, 3.05) is 0 Å².